The number of piperidine rings is 1. The molecule has 1 N–H and O–H groups in total. The van der Waals surface area contributed by atoms with Crippen LogP contribution in [0.3, 0.4) is 0 Å². The van der Waals surface area contributed by atoms with E-state index in [0.717, 1.165) is 13.1 Å². The van der Waals surface area contributed by atoms with Crippen LogP contribution in [0.15, 0.2) is 0 Å². The molecule has 0 bridgehead atoms. The van der Waals surface area contributed by atoms with Crippen molar-refractivity contribution in [2.45, 2.75) is 51.0 Å². The number of quaternary nitrogens is 1. The molecule has 3 saturated heterocycles. The Morgan fingerprint density at radius 1 is 0.933 bits per heavy atom. The van der Waals surface area contributed by atoms with E-state index in [1.54, 1.807) is 0 Å². The molecule has 88 valence electrons. The summed E-state index contributed by atoms with van der Waals surface area (Å²) in [6.07, 6.45) is 9.32. The van der Waals surface area contributed by atoms with Gasteiger partial charge in [-0.05, 0) is 38.8 Å². The number of fused-ring (bicyclic) bond motifs is 1. The van der Waals surface area contributed by atoms with Gasteiger partial charge < -0.3 is 15.2 Å². The Morgan fingerprint density at radius 3 is 2.20 bits per heavy atom. The van der Waals surface area contributed by atoms with Gasteiger partial charge in [0.2, 0.25) is 0 Å². The normalized spacial score (nSPS) is 39.4. The highest BCUT2D eigenvalue weighted by molar-refractivity contribution is 4.78. The van der Waals surface area contributed by atoms with E-state index in [0.29, 0.717) is 6.04 Å². The predicted molar refractivity (Wildman–Crippen MR) is 62.3 cm³/mol. The van der Waals surface area contributed by atoms with Crippen LogP contribution in [0.4, 0.5) is 0 Å². The fourth-order valence-electron chi connectivity index (χ4n) is 2.65. The number of hydrogen-bond donors (Lipinski definition) is 1. The second-order valence-corrected chi connectivity index (χ2v) is 5.17. The third-order valence-electron chi connectivity index (χ3n) is 3.83. The minimum absolute atomic E-state index is 0.167. The van der Waals surface area contributed by atoms with Crippen LogP contribution >= 0.6 is 0 Å². The summed E-state index contributed by atoms with van der Waals surface area (Å²) in [4.78, 5) is 0. The summed E-state index contributed by atoms with van der Waals surface area (Å²) in [6, 6.07) is 0.531. The van der Waals surface area contributed by atoms with E-state index in [-0.39, 0.29) is 4.65 Å². The zero-order valence-electron chi connectivity index (χ0n) is 9.71. The van der Waals surface area contributed by atoms with Crippen LogP contribution in [0.1, 0.15) is 44.9 Å². The molecule has 3 fully saturated rings. The summed E-state index contributed by atoms with van der Waals surface area (Å²) in [5, 5.41) is 14.5. The molecule has 0 aromatic rings. The molecule has 3 aliphatic heterocycles. The summed E-state index contributed by atoms with van der Waals surface area (Å²) < 4.78 is 0.167. The van der Waals surface area contributed by atoms with Gasteiger partial charge in [-0.25, -0.2) is 0 Å². The average molecular weight is 212 g/mol. The van der Waals surface area contributed by atoms with Gasteiger partial charge in [0.15, 0.2) is 0 Å². The van der Waals surface area contributed by atoms with Gasteiger partial charge in [0.1, 0.15) is 12.6 Å². The van der Waals surface area contributed by atoms with Crippen molar-refractivity contribution >= 4 is 0 Å². The Hall–Kier alpha value is -0.120. The molecule has 3 nitrogen and oxygen atoms in total. The molecule has 15 heavy (non-hydrogen) atoms. The highest BCUT2D eigenvalue weighted by Gasteiger charge is 2.48. The highest BCUT2D eigenvalue weighted by Crippen LogP contribution is 2.37. The zero-order valence-corrected chi connectivity index (χ0v) is 9.71. The number of nitrogens with zero attached hydrogens (tertiary/aromatic N) is 1. The summed E-state index contributed by atoms with van der Waals surface area (Å²) in [5.74, 6) is 0. The number of nitrogens with one attached hydrogen (secondary N) is 1. The molecule has 0 spiro atoms. The van der Waals surface area contributed by atoms with Crippen molar-refractivity contribution < 1.29 is 4.65 Å². The van der Waals surface area contributed by atoms with Gasteiger partial charge in [0.25, 0.3) is 0 Å². The molecule has 0 aromatic carbocycles. The van der Waals surface area contributed by atoms with E-state index in [4.69, 9.17) is 0 Å². The zero-order chi connectivity index (χ0) is 10.6. The maximum atomic E-state index is 11.1. The van der Waals surface area contributed by atoms with Crippen LogP contribution in [-0.2, 0) is 0 Å². The molecule has 3 aliphatic rings. The Balaban J connectivity index is 0.000000115. The lowest BCUT2D eigenvalue weighted by molar-refractivity contribution is -0.764. The van der Waals surface area contributed by atoms with E-state index >= 15 is 0 Å². The Morgan fingerprint density at radius 2 is 1.67 bits per heavy atom. The van der Waals surface area contributed by atoms with E-state index in [9.17, 15) is 5.21 Å². The fourth-order valence-corrected chi connectivity index (χ4v) is 2.65. The molecule has 2 atom stereocenters. The SMILES string of the molecule is C1CCCNCC1.[O-][N+]12CCCCC1C2. The summed E-state index contributed by atoms with van der Waals surface area (Å²) >= 11 is 0. The lowest BCUT2D eigenvalue weighted by Gasteiger charge is -2.26. The van der Waals surface area contributed by atoms with E-state index in [1.807, 2.05) is 0 Å². The average Bonchev–Trinajstić information content (AvgIpc) is 2.96. The fraction of sp³-hybridized carbons (Fsp3) is 1.00. The lowest BCUT2D eigenvalue weighted by atomic mass is 10.1. The van der Waals surface area contributed by atoms with Crippen LogP contribution in [0.5, 0.6) is 0 Å². The molecule has 3 rings (SSSR count). The Kier molecular flexibility index (Phi) is 4.00. The van der Waals surface area contributed by atoms with Crippen LogP contribution < -0.4 is 5.32 Å². The van der Waals surface area contributed by atoms with Gasteiger partial charge in [-0.3, -0.25) is 0 Å². The third-order valence-corrected chi connectivity index (χ3v) is 3.83. The van der Waals surface area contributed by atoms with Gasteiger partial charge >= 0.3 is 0 Å². The first-order chi connectivity index (χ1) is 7.31. The Labute approximate surface area is 93.0 Å². The minimum atomic E-state index is 0.167. The number of rotatable bonds is 0. The highest BCUT2D eigenvalue weighted by atomic mass is 16.6. The van der Waals surface area contributed by atoms with Crippen molar-refractivity contribution in [2.24, 2.45) is 0 Å². The van der Waals surface area contributed by atoms with Crippen molar-refractivity contribution in [3.05, 3.63) is 5.21 Å². The quantitative estimate of drug-likeness (QED) is 0.379. The van der Waals surface area contributed by atoms with Crippen molar-refractivity contribution in [2.75, 3.05) is 26.2 Å². The predicted octanol–water partition coefficient (Wildman–Crippen LogP) is 2.02. The topological polar surface area (TPSA) is 35.1 Å². The minimum Gasteiger partial charge on any atom is -0.632 e. The van der Waals surface area contributed by atoms with Crippen LogP contribution in [0.2, 0.25) is 0 Å². The summed E-state index contributed by atoms with van der Waals surface area (Å²) in [6.45, 7) is 4.34. The molecule has 0 aliphatic carbocycles. The van der Waals surface area contributed by atoms with Crippen LogP contribution in [0.25, 0.3) is 0 Å². The molecule has 0 saturated carbocycles. The van der Waals surface area contributed by atoms with Crippen LogP contribution in [-0.4, -0.2) is 36.9 Å². The molecule has 0 aromatic heterocycles. The molecular weight excluding hydrogens is 188 g/mol. The first kappa shape index (κ1) is 11.4. The maximum absolute atomic E-state index is 11.1. The Bertz CT molecular complexity index is 176. The van der Waals surface area contributed by atoms with E-state index in [1.165, 1.54) is 58.0 Å². The van der Waals surface area contributed by atoms with Gasteiger partial charge in [0, 0.05) is 6.42 Å². The molecule has 3 heterocycles. The monoisotopic (exact) mass is 212 g/mol. The lowest BCUT2D eigenvalue weighted by Crippen LogP contribution is -2.25. The molecule has 0 radical (unpaired) electrons. The number of hydroxylamine groups is 3. The summed E-state index contributed by atoms with van der Waals surface area (Å²) in [7, 11) is 0. The first-order valence-corrected chi connectivity index (χ1v) is 6.60. The maximum Gasteiger partial charge on any atom is 0.139 e. The van der Waals surface area contributed by atoms with Gasteiger partial charge in [-0.2, -0.15) is 0 Å². The van der Waals surface area contributed by atoms with E-state index < -0.39 is 0 Å². The smallest absolute Gasteiger partial charge is 0.139 e. The van der Waals surface area contributed by atoms with Crippen molar-refractivity contribution in [1.29, 1.82) is 0 Å². The first-order valence-electron chi connectivity index (χ1n) is 6.60. The molecular formula is C12H24N2O. The van der Waals surface area contributed by atoms with Crippen molar-refractivity contribution in [3.8, 4) is 0 Å². The molecule has 3 heteroatoms. The number of hydrogen-bond acceptors (Lipinski definition) is 2. The standard InChI is InChI=1S/C6H11NO.C6H13N/c8-7-4-2-1-3-6(7)5-7;1-2-4-6-7-5-3-1/h6H,1-5H2;7H,1-6H2. The van der Waals surface area contributed by atoms with Crippen LogP contribution in [0, 0.1) is 5.21 Å². The van der Waals surface area contributed by atoms with Gasteiger partial charge in [-0.1, -0.05) is 12.8 Å². The third kappa shape index (κ3) is 3.44. The van der Waals surface area contributed by atoms with Gasteiger partial charge in [-0.15, -0.1) is 0 Å². The second-order valence-electron chi connectivity index (χ2n) is 5.17. The molecule has 0 amide bonds. The largest absolute Gasteiger partial charge is 0.632 e. The summed E-state index contributed by atoms with van der Waals surface area (Å²) in [5.41, 5.74) is 0. The second kappa shape index (κ2) is 5.28. The van der Waals surface area contributed by atoms with Gasteiger partial charge in [0.05, 0.1) is 6.54 Å². The van der Waals surface area contributed by atoms with Crippen molar-refractivity contribution in [3.63, 3.8) is 0 Å². The van der Waals surface area contributed by atoms with Crippen molar-refractivity contribution in [1.82, 2.24) is 5.32 Å². The van der Waals surface area contributed by atoms with E-state index in [2.05, 4.69) is 5.32 Å². The molecule has 2 unspecified atom stereocenters.